The van der Waals surface area contributed by atoms with E-state index in [-0.39, 0.29) is 17.9 Å². The Morgan fingerprint density at radius 1 is 1.17 bits per heavy atom. The lowest BCUT2D eigenvalue weighted by atomic mass is 9.99. The molecule has 9 nitrogen and oxygen atoms in total. The first-order valence-electron chi connectivity index (χ1n) is 10.9. The molecule has 3 rings (SSSR count). The number of anilines is 2. The Kier molecular flexibility index (Phi) is 7.70. The average molecular weight is 475 g/mol. The van der Waals surface area contributed by atoms with Gasteiger partial charge in [0.05, 0.1) is 26.5 Å². The molecule has 0 bridgehead atoms. The number of allylic oxidation sites excluding steroid dienone is 2. The van der Waals surface area contributed by atoms with E-state index in [0.29, 0.717) is 35.0 Å². The Bertz CT molecular complexity index is 1240. The number of nitrogens with zero attached hydrogens (tertiary/aromatic N) is 4. The second-order valence-electron chi connectivity index (χ2n) is 7.88. The lowest BCUT2D eigenvalue weighted by molar-refractivity contribution is -0.127. The summed E-state index contributed by atoms with van der Waals surface area (Å²) in [4.78, 5) is 21.3. The van der Waals surface area contributed by atoms with Crippen molar-refractivity contribution in [2.24, 2.45) is 5.10 Å². The molecule has 1 aliphatic rings. The van der Waals surface area contributed by atoms with E-state index in [1.807, 2.05) is 26.0 Å². The number of hydrogen-bond donors (Lipinski definition) is 2. The summed E-state index contributed by atoms with van der Waals surface area (Å²) in [5.41, 5.74) is 16.5. The number of hydrazone groups is 1. The number of methoxy groups -OCH3 is 2. The molecule has 0 fully saturated rings. The van der Waals surface area contributed by atoms with Crippen molar-refractivity contribution in [2.45, 2.75) is 26.3 Å². The highest BCUT2D eigenvalue weighted by molar-refractivity contribution is 5.95. The second-order valence-corrected chi connectivity index (χ2v) is 7.88. The summed E-state index contributed by atoms with van der Waals surface area (Å²) in [5.74, 6) is 1.16. The Morgan fingerprint density at radius 2 is 1.91 bits per heavy atom. The number of carbonyl (C=O) groups excluding carboxylic acids is 1. The summed E-state index contributed by atoms with van der Waals surface area (Å²) >= 11 is 0. The highest BCUT2D eigenvalue weighted by Gasteiger charge is 2.24. The zero-order chi connectivity index (χ0) is 25.7. The van der Waals surface area contributed by atoms with Gasteiger partial charge in [-0.25, -0.2) is 9.99 Å². The van der Waals surface area contributed by atoms with E-state index in [0.717, 1.165) is 22.3 Å². The van der Waals surface area contributed by atoms with E-state index in [4.69, 9.17) is 20.9 Å². The number of amides is 1. The summed E-state index contributed by atoms with van der Waals surface area (Å²) in [6.45, 7) is 11.3. The van der Waals surface area contributed by atoms with Gasteiger partial charge in [0.1, 0.15) is 5.82 Å². The van der Waals surface area contributed by atoms with Crippen molar-refractivity contribution in [3.8, 4) is 11.5 Å². The van der Waals surface area contributed by atoms with Crippen LogP contribution in [0, 0.1) is 6.92 Å². The fourth-order valence-electron chi connectivity index (χ4n) is 3.96. The number of carbonyl (C=O) groups is 1. The van der Waals surface area contributed by atoms with E-state index in [1.165, 1.54) is 11.1 Å². The molecule has 0 saturated heterocycles. The van der Waals surface area contributed by atoms with Crippen LogP contribution in [0.1, 0.15) is 29.3 Å². The molecule has 0 spiro atoms. The van der Waals surface area contributed by atoms with E-state index in [1.54, 1.807) is 38.7 Å². The maximum Gasteiger partial charge on any atom is 0.267 e. The largest absolute Gasteiger partial charge is 0.493 e. The maximum absolute atomic E-state index is 13.0. The Labute approximate surface area is 205 Å². The minimum Gasteiger partial charge on any atom is -0.493 e. The average Bonchev–Trinajstić information content (AvgIpc) is 2.83. The standard InChI is InChI=1S/C26H30N6O3/c1-7-18-14-29-32(16(4)20(18)8-2)23(33)10-9-19-11-17(13-22(34-5)24(19)35-6)12-21-15(3)30-26(28)31-25(21)27/h7-11,13-14,16H,1-2,12H2,3-6H3,(H4,27,28,30,31)/b10-9+. The monoisotopic (exact) mass is 474 g/mol. The zero-order valence-corrected chi connectivity index (χ0v) is 20.4. The fraction of sp³-hybridized carbons (Fsp3) is 0.231. The Hall–Kier alpha value is -4.40. The first kappa shape index (κ1) is 25.2. The quantitative estimate of drug-likeness (QED) is 0.561. The molecule has 9 heteroatoms. The molecule has 182 valence electrons. The minimum atomic E-state index is -0.297. The number of aryl methyl sites for hydroxylation is 1. The predicted octanol–water partition coefficient (Wildman–Crippen LogP) is 3.46. The number of aromatic nitrogens is 2. The van der Waals surface area contributed by atoms with Crippen molar-refractivity contribution in [3.05, 3.63) is 77.0 Å². The second kappa shape index (κ2) is 10.7. The van der Waals surface area contributed by atoms with Crippen LogP contribution >= 0.6 is 0 Å². The molecule has 1 aromatic heterocycles. The third-order valence-electron chi connectivity index (χ3n) is 5.75. The lowest BCUT2D eigenvalue weighted by Crippen LogP contribution is -2.37. The summed E-state index contributed by atoms with van der Waals surface area (Å²) in [7, 11) is 3.10. The van der Waals surface area contributed by atoms with Gasteiger partial charge in [0.25, 0.3) is 5.91 Å². The highest BCUT2D eigenvalue weighted by Crippen LogP contribution is 2.35. The smallest absolute Gasteiger partial charge is 0.267 e. The lowest BCUT2D eigenvalue weighted by Gasteiger charge is -2.28. The van der Waals surface area contributed by atoms with Crippen LogP contribution in [0.4, 0.5) is 11.8 Å². The topological polar surface area (TPSA) is 129 Å². The van der Waals surface area contributed by atoms with Crippen LogP contribution in [0.25, 0.3) is 6.08 Å². The molecule has 1 aromatic carbocycles. The van der Waals surface area contributed by atoms with Crippen molar-refractivity contribution in [1.82, 2.24) is 15.0 Å². The van der Waals surface area contributed by atoms with Gasteiger partial charge in [-0.1, -0.05) is 25.3 Å². The van der Waals surface area contributed by atoms with Crippen LogP contribution in [0.15, 0.2) is 59.8 Å². The number of nitrogen functional groups attached to an aromatic ring is 2. The maximum atomic E-state index is 13.0. The van der Waals surface area contributed by atoms with Crippen LogP contribution in [-0.4, -0.2) is 47.4 Å². The molecule has 0 saturated carbocycles. The van der Waals surface area contributed by atoms with E-state index < -0.39 is 0 Å². The fourth-order valence-corrected chi connectivity index (χ4v) is 3.96. The third-order valence-corrected chi connectivity index (χ3v) is 5.75. The van der Waals surface area contributed by atoms with Gasteiger partial charge in [-0.2, -0.15) is 10.1 Å². The highest BCUT2D eigenvalue weighted by atomic mass is 16.5. The molecule has 4 N–H and O–H groups in total. The van der Waals surface area contributed by atoms with Crippen molar-refractivity contribution >= 4 is 30.0 Å². The van der Waals surface area contributed by atoms with Crippen molar-refractivity contribution in [3.63, 3.8) is 0 Å². The predicted molar refractivity (Wildman–Crippen MR) is 139 cm³/mol. The van der Waals surface area contributed by atoms with Crippen molar-refractivity contribution in [2.75, 3.05) is 25.7 Å². The van der Waals surface area contributed by atoms with Crippen LogP contribution in [-0.2, 0) is 11.2 Å². The molecule has 2 aromatic rings. The SMILES string of the molecule is C=CC1=C(C=C)C(C)N(C(=O)/C=C/c2cc(Cc3c(C)nc(N)nc3N)cc(OC)c2OC)N=C1. The van der Waals surface area contributed by atoms with Crippen LogP contribution < -0.4 is 20.9 Å². The Morgan fingerprint density at radius 3 is 2.51 bits per heavy atom. The number of hydrogen-bond acceptors (Lipinski definition) is 8. The molecule has 0 aliphatic carbocycles. The molecule has 1 amide bonds. The van der Waals surface area contributed by atoms with Gasteiger partial charge in [0.15, 0.2) is 11.5 Å². The third kappa shape index (κ3) is 5.24. The van der Waals surface area contributed by atoms with Crippen molar-refractivity contribution in [1.29, 1.82) is 0 Å². The van der Waals surface area contributed by atoms with Gasteiger partial charge >= 0.3 is 0 Å². The number of rotatable bonds is 8. The number of nitrogens with two attached hydrogens (primary N) is 2. The molecule has 0 radical (unpaired) electrons. The molecular formula is C26H30N6O3. The van der Waals surface area contributed by atoms with E-state index in [9.17, 15) is 4.79 Å². The van der Waals surface area contributed by atoms with Gasteiger partial charge in [0.2, 0.25) is 5.95 Å². The summed E-state index contributed by atoms with van der Waals surface area (Å²) in [6.07, 6.45) is 8.56. The van der Waals surface area contributed by atoms with Crippen LogP contribution in [0.2, 0.25) is 0 Å². The summed E-state index contributed by atoms with van der Waals surface area (Å²) < 4.78 is 11.1. The first-order valence-corrected chi connectivity index (χ1v) is 10.9. The van der Waals surface area contributed by atoms with Crippen LogP contribution in [0.5, 0.6) is 11.5 Å². The van der Waals surface area contributed by atoms with E-state index in [2.05, 4.69) is 28.2 Å². The van der Waals surface area contributed by atoms with Gasteiger partial charge in [-0.3, -0.25) is 4.79 Å². The molecule has 1 atom stereocenters. The summed E-state index contributed by atoms with van der Waals surface area (Å²) in [5, 5.41) is 5.68. The number of ether oxygens (including phenoxy) is 2. The molecule has 2 heterocycles. The van der Waals surface area contributed by atoms with Gasteiger partial charge < -0.3 is 20.9 Å². The molecule has 1 unspecified atom stereocenters. The van der Waals surface area contributed by atoms with Gasteiger partial charge in [0, 0.05) is 29.3 Å². The first-order chi connectivity index (χ1) is 16.7. The zero-order valence-electron chi connectivity index (χ0n) is 20.4. The normalized spacial score (nSPS) is 15.4. The number of benzene rings is 1. The minimum absolute atomic E-state index is 0.127. The van der Waals surface area contributed by atoms with Gasteiger partial charge in [-0.05, 0) is 48.8 Å². The molecule has 35 heavy (non-hydrogen) atoms. The van der Waals surface area contributed by atoms with Crippen molar-refractivity contribution < 1.29 is 14.3 Å². The molecular weight excluding hydrogens is 444 g/mol. The van der Waals surface area contributed by atoms with Crippen LogP contribution in [0.3, 0.4) is 0 Å². The molecule has 1 aliphatic heterocycles. The van der Waals surface area contributed by atoms with Gasteiger partial charge in [-0.15, -0.1) is 0 Å². The summed E-state index contributed by atoms with van der Waals surface area (Å²) in [6, 6.07) is 3.46. The Balaban J connectivity index is 1.95. The van der Waals surface area contributed by atoms with E-state index >= 15 is 0 Å².